The van der Waals surface area contributed by atoms with Gasteiger partial charge >= 0.3 is 0 Å². The van der Waals surface area contributed by atoms with Crippen molar-refractivity contribution in [2.45, 2.75) is 18.9 Å². The number of benzene rings is 1. The third-order valence-corrected chi connectivity index (χ3v) is 2.04. The Hall–Kier alpha value is -1.65. The fraction of sp³-hybridized carbons (Fsp3) is 0.333. The Kier molecular flexibility index (Phi) is 2.07. The van der Waals surface area contributed by atoms with Crippen LogP contribution in [0.4, 0.5) is 15.8 Å². The maximum absolute atomic E-state index is 12.9. The van der Waals surface area contributed by atoms with E-state index < -0.39 is 10.7 Å². The van der Waals surface area contributed by atoms with Gasteiger partial charge in [-0.3, -0.25) is 10.1 Å². The van der Waals surface area contributed by atoms with Gasteiger partial charge in [0, 0.05) is 17.8 Å². The Morgan fingerprint density at radius 1 is 1.43 bits per heavy atom. The first-order valence-electron chi connectivity index (χ1n) is 4.36. The number of nitro benzene ring substituents is 1. The van der Waals surface area contributed by atoms with Gasteiger partial charge in [0.2, 0.25) is 0 Å². The molecule has 1 aromatic carbocycles. The van der Waals surface area contributed by atoms with E-state index in [0.29, 0.717) is 11.7 Å². The lowest BCUT2D eigenvalue weighted by molar-refractivity contribution is -0.385. The van der Waals surface area contributed by atoms with Gasteiger partial charge in [-0.1, -0.05) is 0 Å². The SMILES string of the molecule is O=[N+]([O-])c1cc(F)cc(NC2CC2)c1. The van der Waals surface area contributed by atoms with E-state index in [9.17, 15) is 14.5 Å². The zero-order valence-corrected chi connectivity index (χ0v) is 7.37. The first kappa shape index (κ1) is 8.93. The van der Waals surface area contributed by atoms with Crippen LogP contribution in [-0.4, -0.2) is 11.0 Å². The van der Waals surface area contributed by atoms with Gasteiger partial charge in [-0.25, -0.2) is 4.39 Å². The van der Waals surface area contributed by atoms with E-state index in [1.165, 1.54) is 12.1 Å². The number of hydrogen-bond acceptors (Lipinski definition) is 3. The summed E-state index contributed by atoms with van der Waals surface area (Å²) in [5, 5.41) is 13.4. The molecule has 0 aliphatic heterocycles. The molecule has 0 heterocycles. The summed E-state index contributed by atoms with van der Waals surface area (Å²) in [6, 6.07) is 3.89. The van der Waals surface area contributed by atoms with Crippen LogP contribution in [0.2, 0.25) is 0 Å². The van der Waals surface area contributed by atoms with Crippen LogP contribution < -0.4 is 5.32 Å². The van der Waals surface area contributed by atoms with Crippen molar-refractivity contribution in [3.63, 3.8) is 0 Å². The van der Waals surface area contributed by atoms with Gasteiger partial charge in [0.1, 0.15) is 5.82 Å². The minimum atomic E-state index is -0.596. The zero-order chi connectivity index (χ0) is 10.1. The molecule has 0 saturated heterocycles. The molecule has 2 rings (SSSR count). The van der Waals surface area contributed by atoms with Crippen molar-refractivity contribution < 1.29 is 9.31 Å². The van der Waals surface area contributed by atoms with Crippen molar-refractivity contribution in [2.75, 3.05) is 5.32 Å². The van der Waals surface area contributed by atoms with Crippen molar-refractivity contribution >= 4 is 11.4 Å². The normalized spacial score (nSPS) is 15.2. The standard InChI is InChI=1S/C9H9FN2O2/c10-6-3-8(11-7-1-2-7)5-9(4-6)12(13)14/h3-5,7,11H,1-2H2. The van der Waals surface area contributed by atoms with Crippen molar-refractivity contribution in [3.05, 3.63) is 34.1 Å². The summed E-state index contributed by atoms with van der Waals surface area (Å²) in [6.45, 7) is 0. The molecule has 1 N–H and O–H groups in total. The molecule has 0 spiro atoms. The summed E-state index contributed by atoms with van der Waals surface area (Å²) in [6.07, 6.45) is 2.09. The van der Waals surface area contributed by atoms with E-state index in [4.69, 9.17) is 0 Å². The van der Waals surface area contributed by atoms with Crippen LogP contribution >= 0.6 is 0 Å². The first-order chi connectivity index (χ1) is 6.65. The minimum Gasteiger partial charge on any atom is -0.382 e. The molecule has 0 radical (unpaired) electrons. The molecule has 14 heavy (non-hydrogen) atoms. The van der Waals surface area contributed by atoms with Crippen LogP contribution in [0.15, 0.2) is 18.2 Å². The highest BCUT2D eigenvalue weighted by molar-refractivity contribution is 5.52. The second kappa shape index (κ2) is 3.25. The van der Waals surface area contributed by atoms with Crippen molar-refractivity contribution in [1.29, 1.82) is 0 Å². The van der Waals surface area contributed by atoms with Gasteiger partial charge in [0.25, 0.3) is 5.69 Å². The molecule has 0 aromatic heterocycles. The second-order valence-electron chi connectivity index (χ2n) is 3.37. The van der Waals surface area contributed by atoms with Crippen LogP contribution in [0.1, 0.15) is 12.8 Å². The minimum absolute atomic E-state index is 0.215. The summed E-state index contributed by atoms with van der Waals surface area (Å²) >= 11 is 0. The maximum Gasteiger partial charge on any atom is 0.274 e. The predicted molar refractivity (Wildman–Crippen MR) is 49.7 cm³/mol. The highest BCUT2D eigenvalue weighted by atomic mass is 19.1. The second-order valence-corrected chi connectivity index (χ2v) is 3.37. The molecule has 0 amide bonds. The molecule has 74 valence electrons. The van der Waals surface area contributed by atoms with Gasteiger partial charge in [-0.2, -0.15) is 0 Å². The third-order valence-electron chi connectivity index (χ3n) is 2.04. The first-order valence-corrected chi connectivity index (χ1v) is 4.36. The van der Waals surface area contributed by atoms with E-state index in [-0.39, 0.29) is 5.69 Å². The Morgan fingerprint density at radius 3 is 2.71 bits per heavy atom. The average Bonchev–Trinajstić information content (AvgIpc) is 2.87. The van der Waals surface area contributed by atoms with Gasteiger partial charge in [-0.05, 0) is 18.9 Å². The number of nitro groups is 1. The van der Waals surface area contributed by atoms with Crippen molar-refractivity contribution in [1.82, 2.24) is 0 Å². The smallest absolute Gasteiger partial charge is 0.274 e. The fourth-order valence-electron chi connectivity index (χ4n) is 1.23. The number of nitrogens with zero attached hydrogens (tertiary/aromatic N) is 1. The molecule has 0 bridgehead atoms. The van der Waals surface area contributed by atoms with E-state index in [2.05, 4.69) is 5.32 Å². The summed E-state index contributed by atoms with van der Waals surface area (Å²) in [4.78, 5) is 9.82. The van der Waals surface area contributed by atoms with Gasteiger partial charge in [-0.15, -0.1) is 0 Å². The average molecular weight is 196 g/mol. The lowest BCUT2D eigenvalue weighted by atomic mass is 10.2. The summed E-state index contributed by atoms with van der Waals surface area (Å²) in [7, 11) is 0. The third kappa shape index (κ3) is 1.99. The van der Waals surface area contributed by atoms with Crippen LogP contribution in [0, 0.1) is 15.9 Å². The summed E-state index contributed by atoms with van der Waals surface area (Å²) < 4.78 is 12.9. The molecule has 1 aliphatic rings. The highest BCUT2D eigenvalue weighted by Gasteiger charge is 2.21. The molecule has 1 saturated carbocycles. The Bertz CT molecular complexity index is 377. The van der Waals surface area contributed by atoms with E-state index in [1.807, 2.05) is 0 Å². The largest absolute Gasteiger partial charge is 0.382 e. The Morgan fingerprint density at radius 2 is 2.14 bits per heavy atom. The lowest BCUT2D eigenvalue weighted by Crippen LogP contribution is -2.01. The summed E-state index contributed by atoms with van der Waals surface area (Å²) in [5.74, 6) is -0.581. The van der Waals surface area contributed by atoms with Crippen LogP contribution in [0.5, 0.6) is 0 Å². The van der Waals surface area contributed by atoms with E-state index >= 15 is 0 Å². The van der Waals surface area contributed by atoms with E-state index in [0.717, 1.165) is 18.9 Å². The quantitative estimate of drug-likeness (QED) is 0.596. The highest BCUT2D eigenvalue weighted by Crippen LogP contribution is 2.27. The van der Waals surface area contributed by atoms with Gasteiger partial charge in [0.05, 0.1) is 11.0 Å². The number of nitrogens with one attached hydrogen (secondary N) is 1. The van der Waals surface area contributed by atoms with Crippen molar-refractivity contribution in [2.24, 2.45) is 0 Å². The number of non-ortho nitro benzene ring substituents is 1. The molecular formula is C9H9FN2O2. The number of anilines is 1. The Labute approximate surface area is 79.9 Å². The van der Waals surface area contributed by atoms with E-state index in [1.54, 1.807) is 0 Å². The lowest BCUT2D eigenvalue weighted by Gasteiger charge is -2.03. The van der Waals surface area contributed by atoms with Crippen LogP contribution in [0.3, 0.4) is 0 Å². The fourth-order valence-corrected chi connectivity index (χ4v) is 1.23. The number of rotatable bonds is 3. The molecule has 1 fully saturated rings. The number of halogens is 1. The van der Waals surface area contributed by atoms with Crippen molar-refractivity contribution in [3.8, 4) is 0 Å². The van der Waals surface area contributed by atoms with Crippen LogP contribution in [0.25, 0.3) is 0 Å². The number of hydrogen-bond donors (Lipinski definition) is 1. The Balaban J connectivity index is 2.25. The maximum atomic E-state index is 12.9. The molecule has 5 heteroatoms. The molecule has 0 atom stereocenters. The van der Waals surface area contributed by atoms with Crippen LogP contribution in [-0.2, 0) is 0 Å². The topological polar surface area (TPSA) is 55.2 Å². The van der Waals surface area contributed by atoms with Gasteiger partial charge < -0.3 is 5.32 Å². The monoisotopic (exact) mass is 196 g/mol. The zero-order valence-electron chi connectivity index (χ0n) is 7.37. The molecule has 0 unspecified atom stereocenters. The summed E-state index contributed by atoms with van der Waals surface area (Å²) in [5.41, 5.74) is 0.271. The predicted octanol–water partition coefficient (Wildman–Crippen LogP) is 2.31. The molecular weight excluding hydrogens is 187 g/mol. The molecule has 1 aliphatic carbocycles. The molecule has 1 aromatic rings. The molecule has 4 nitrogen and oxygen atoms in total. The van der Waals surface area contributed by atoms with Gasteiger partial charge in [0.15, 0.2) is 0 Å².